The average molecular weight is 208 g/mol. The van der Waals surface area contributed by atoms with Crippen molar-refractivity contribution in [1.82, 2.24) is 4.90 Å². The number of nitrogens with zero attached hydrogens (tertiary/aromatic N) is 2. The molecule has 80 valence electrons. The molecule has 0 N–H and O–H groups in total. The first-order valence-electron chi connectivity index (χ1n) is 5.00. The number of carbonyl (C=O) groups excluding carboxylic acids is 1. The van der Waals surface area contributed by atoms with Gasteiger partial charge in [0.15, 0.2) is 0 Å². The van der Waals surface area contributed by atoms with E-state index in [9.17, 15) is 9.18 Å². The molecule has 1 aliphatic rings. The molecule has 0 atom stereocenters. The molecule has 1 aromatic carbocycles. The number of piperazine rings is 1. The average Bonchev–Trinajstić information content (AvgIpc) is 2.30. The van der Waals surface area contributed by atoms with Gasteiger partial charge in [-0.2, -0.15) is 0 Å². The molecule has 2 rings (SSSR count). The van der Waals surface area contributed by atoms with E-state index >= 15 is 0 Å². The number of anilines is 1. The van der Waals surface area contributed by atoms with Crippen LogP contribution < -0.4 is 4.90 Å². The first kappa shape index (κ1) is 9.96. The number of carbonyl (C=O) groups is 1. The summed E-state index contributed by atoms with van der Waals surface area (Å²) in [6, 6.07) is 6.73. The van der Waals surface area contributed by atoms with Crippen LogP contribution >= 0.6 is 0 Å². The molecule has 1 heterocycles. The van der Waals surface area contributed by atoms with Gasteiger partial charge in [-0.15, -0.1) is 0 Å². The van der Waals surface area contributed by atoms with Crippen molar-refractivity contribution in [2.45, 2.75) is 0 Å². The second kappa shape index (κ2) is 4.29. The lowest BCUT2D eigenvalue weighted by Crippen LogP contribution is -2.46. The summed E-state index contributed by atoms with van der Waals surface area (Å²) in [6.07, 6.45) is 0.846. The minimum atomic E-state index is -0.197. The Morgan fingerprint density at radius 1 is 1.13 bits per heavy atom. The molecule has 1 aromatic rings. The van der Waals surface area contributed by atoms with Gasteiger partial charge < -0.3 is 9.80 Å². The summed E-state index contributed by atoms with van der Waals surface area (Å²) in [6.45, 7) is 2.72. The van der Waals surface area contributed by atoms with Crippen LogP contribution in [0.25, 0.3) is 0 Å². The van der Waals surface area contributed by atoms with Crippen LogP contribution in [0.1, 0.15) is 0 Å². The smallest absolute Gasteiger partial charge is 0.209 e. The highest BCUT2D eigenvalue weighted by atomic mass is 19.1. The van der Waals surface area contributed by atoms with Crippen molar-refractivity contribution in [3.63, 3.8) is 0 Å². The van der Waals surface area contributed by atoms with Gasteiger partial charge in [-0.3, -0.25) is 4.79 Å². The Balaban J connectivity index is 2.07. The van der Waals surface area contributed by atoms with Gasteiger partial charge in [0.2, 0.25) is 6.41 Å². The molecule has 0 saturated carbocycles. The third kappa shape index (κ3) is 2.09. The van der Waals surface area contributed by atoms with Crippen LogP contribution in [0.15, 0.2) is 24.3 Å². The fourth-order valence-corrected chi connectivity index (χ4v) is 1.78. The zero-order chi connectivity index (χ0) is 10.7. The van der Waals surface area contributed by atoms with E-state index in [1.807, 2.05) is 11.0 Å². The van der Waals surface area contributed by atoms with Gasteiger partial charge in [0.05, 0.1) is 5.69 Å². The lowest BCUT2D eigenvalue weighted by molar-refractivity contribution is -0.118. The molecule has 0 spiro atoms. The van der Waals surface area contributed by atoms with E-state index < -0.39 is 0 Å². The largest absolute Gasteiger partial charge is 0.366 e. The van der Waals surface area contributed by atoms with Gasteiger partial charge in [-0.25, -0.2) is 4.39 Å². The van der Waals surface area contributed by atoms with Crippen molar-refractivity contribution < 1.29 is 9.18 Å². The van der Waals surface area contributed by atoms with E-state index in [0.29, 0.717) is 31.9 Å². The summed E-state index contributed by atoms with van der Waals surface area (Å²) in [4.78, 5) is 14.2. The molecular formula is C11H13FN2O. The summed E-state index contributed by atoms with van der Waals surface area (Å²) >= 11 is 0. The highest BCUT2D eigenvalue weighted by Gasteiger charge is 2.17. The Hall–Kier alpha value is -1.58. The zero-order valence-corrected chi connectivity index (χ0v) is 8.40. The Labute approximate surface area is 88.1 Å². The maximum atomic E-state index is 13.4. The molecule has 1 fully saturated rings. The number of halogens is 1. The first-order chi connectivity index (χ1) is 7.31. The molecule has 0 unspecified atom stereocenters. The Morgan fingerprint density at radius 3 is 2.40 bits per heavy atom. The van der Waals surface area contributed by atoms with Gasteiger partial charge in [-0.1, -0.05) is 12.1 Å². The van der Waals surface area contributed by atoms with Crippen LogP contribution in [0.2, 0.25) is 0 Å². The highest BCUT2D eigenvalue weighted by Crippen LogP contribution is 2.19. The minimum absolute atomic E-state index is 0.197. The maximum Gasteiger partial charge on any atom is 0.209 e. The first-order valence-corrected chi connectivity index (χ1v) is 5.00. The van der Waals surface area contributed by atoms with Gasteiger partial charge in [0.25, 0.3) is 0 Å². The number of benzene rings is 1. The molecule has 0 aromatic heterocycles. The van der Waals surface area contributed by atoms with Crippen LogP contribution in [-0.2, 0) is 4.79 Å². The Bertz CT molecular complexity index is 348. The van der Waals surface area contributed by atoms with Gasteiger partial charge in [-0.05, 0) is 12.1 Å². The van der Waals surface area contributed by atoms with Crippen LogP contribution in [0.5, 0.6) is 0 Å². The highest BCUT2D eigenvalue weighted by molar-refractivity contribution is 5.51. The fraction of sp³-hybridized carbons (Fsp3) is 0.364. The van der Waals surface area contributed by atoms with Crippen molar-refractivity contribution in [2.75, 3.05) is 31.1 Å². The molecule has 3 nitrogen and oxygen atoms in total. The summed E-state index contributed by atoms with van der Waals surface area (Å²) in [5.74, 6) is -0.197. The van der Waals surface area contributed by atoms with Gasteiger partial charge in [0.1, 0.15) is 5.82 Å². The number of hydrogen-bond acceptors (Lipinski definition) is 2. The minimum Gasteiger partial charge on any atom is -0.366 e. The topological polar surface area (TPSA) is 23.6 Å². The number of amides is 1. The molecule has 0 radical (unpaired) electrons. The predicted molar refractivity (Wildman–Crippen MR) is 56.3 cm³/mol. The predicted octanol–water partition coefficient (Wildman–Crippen LogP) is 1.10. The standard InChI is InChI=1S/C11H13FN2O/c12-10-3-1-2-4-11(10)14-7-5-13(9-15)6-8-14/h1-4,9H,5-8H2. The van der Waals surface area contributed by atoms with Crippen LogP contribution in [-0.4, -0.2) is 37.5 Å². The van der Waals surface area contributed by atoms with E-state index in [1.54, 1.807) is 17.0 Å². The number of para-hydroxylation sites is 1. The van der Waals surface area contributed by atoms with E-state index in [1.165, 1.54) is 6.07 Å². The fourth-order valence-electron chi connectivity index (χ4n) is 1.78. The summed E-state index contributed by atoms with van der Waals surface area (Å²) in [5, 5.41) is 0. The normalized spacial score (nSPS) is 16.6. The summed E-state index contributed by atoms with van der Waals surface area (Å²) in [5.41, 5.74) is 0.628. The molecule has 0 bridgehead atoms. The van der Waals surface area contributed by atoms with E-state index in [4.69, 9.17) is 0 Å². The third-order valence-corrected chi connectivity index (χ3v) is 2.66. The molecule has 1 amide bonds. The SMILES string of the molecule is O=CN1CCN(c2ccccc2F)CC1. The summed E-state index contributed by atoms with van der Waals surface area (Å²) < 4.78 is 13.4. The second-order valence-electron chi connectivity index (χ2n) is 3.58. The summed E-state index contributed by atoms with van der Waals surface area (Å²) in [7, 11) is 0. The molecular weight excluding hydrogens is 195 g/mol. The molecule has 0 aliphatic carbocycles. The lowest BCUT2D eigenvalue weighted by atomic mass is 10.2. The van der Waals surface area contributed by atoms with Gasteiger partial charge >= 0.3 is 0 Å². The van der Waals surface area contributed by atoms with Crippen molar-refractivity contribution in [3.8, 4) is 0 Å². The van der Waals surface area contributed by atoms with Crippen LogP contribution in [0, 0.1) is 5.82 Å². The van der Waals surface area contributed by atoms with E-state index in [2.05, 4.69) is 0 Å². The molecule has 4 heteroatoms. The lowest BCUT2D eigenvalue weighted by Gasteiger charge is -2.34. The van der Waals surface area contributed by atoms with Crippen LogP contribution in [0.3, 0.4) is 0 Å². The Kier molecular flexibility index (Phi) is 2.85. The molecule has 15 heavy (non-hydrogen) atoms. The molecule has 1 aliphatic heterocycles. The van der Waals surface area contributed by atoms with Crippen molar-refractivity contribution in [1.29, 1.82) is 0 Å². The Morgan fingerprint density at radius 2 is 1.80 bits per heavy atom. The van der Waals surface area contributed by atoms with Crippen molar-refractivity contribution >= 4 is 12.1 Å². The quantitative estimate of drug-likeness (QED) is 0.679. The van der Waals surface area contributed by atoms with E-state index in [-0.39, 0.29) is 5.82 Å². The third-order valence-electron chi connectivity index (χ3n) is 2.66. The van der Waals surface area contributed by atoms with Crippen molar-refractivity contribution in [2.24, 2.45) is 0 Å². The van der Waals surface area contributed by atoms with Crippen LogP contribution in [0.4, 0.5) is 10.1 Å². The zero-order valence-electron chi connectivity index (χ0n) is 8.40. The van der Waals surface area contributed by atoms with E-state index in [0.717, 1.165) is 6.41 Å². The van der Waals surface area contributed by atoms with Gasteiger partial charge in [0, 0.05) is 26.2 Å². The molecule has 1 saturated heterocycles. The number of rotatable bonds is 2. The maximum absolute atomic E-state index is 13.4. The van der Waals surface area contributed by atoms with Crippen molar-refractivity contribution in [3.05, 3.63) is 30.1 Å². The second-order valence-corrected chi connectivity index (χ2v) is 3.58. The monoisotopic (exact) mass is 208 g/mol. The number of hydrogen-bond donors (Lipinski definition) is 0.